The van der Waals surface area contributed by atoms with Gasteiger partial charge in [0.25, 0.3) is 0 Å². The predicted molar refractivity (Wildman–Crippen MR) is 90.3 cm³/mol. The van der Waals surface area contributed by atoms with Crippen molar-refractivity contribution >= 4 is 11.6 Å². The molecule has 0 radical (unpaired) electrons. The Kier molecular flexibility index (Phi) is 5.37. The highest BCUT2D eigenvalue weighted by molar-refractivity contribution is 5.94. The summed E-state index contributed by atoms with van der Waals surface area (Å²) in [4.78, 5) is 12.3. The van der Waals surface area contributed by atoms with Gasteiger partial charge in [0, 0.05) is 5.69 Å². The molecule has 4 heteroatoms. The number of carbonyl (C=O) groups is 1. The third kappa shape index (κ3) is 4.33. The number of aryl methyl sites for hydroxylation is 2. The quantitative estimate of drug-likeness (QED) is 0.917. The zero-order valence-corrected chi connectivity index (χ0v) is 13.6. The van der Waals surface area contributed by atoms with E-state index in [1.165, 1.54) is 0 Å². The summed E-state index contributed by atoms with van der Waals surface area (Å²) in [5.74, 6) is -0.323. The summed E-state index contributed by atoms with van der Waals surface area (Å²) in [6.45, 7) is 4.00. The van der Waals surface area contributed by atoms with E-state index in [4.69, 9.17) is 4.74 Å². The van der Waals surface area contributed by atoms with E-state index in [0.29, 0.717) is 17.9 Å². The van der Waals surface area contributed by atoms with Crippen LogP contribution in [-0.2, 0) is 11.2 Å². The average Bonchev–Trinajstić information content (AvgIpc) is 2.56. The van der Waals surface area contributed by atoms with Crippen molar-refractivity contribution in [1.29, 1.82) is 5.26 Å². The molecule has 118 valence electrons. The van der Waals surface area contributed by atoms with Gasteiger partial charge in [0.1, 0.15) is 11.7 Å². The maximum atomic E-state index is 12.3. The molecule has 2 aromatic carbocycles. The van der Waals surface area contributed by atoms with E-state index in [1.807, 2.05) is 56.3 Å². The van der Waals surface area contributed by atoms with Gasteiger partial charge in [0.15, 0.2) is 0 Å². The molecule has 1 N–H and O–H groups in total. The lowest BCUT2D eigenvalue weighted by molar-refractivity contribution is -0.118. The van der Waals surface area contributed by atoms with Gasteiger partial charge in [-0.3, -0.25) is 4.79 Å². The molecule has 0 aliphatic rings. The Morgan fingerprint density at radius 3 is 2.65 bits per heavy atom. The predicted octanol–water partition coefficient (Wildman–Crippen LogP) is 3.63. The molecule has 0 saturated carbocycles. The van der Waals surface area contributed by atoms with Crippen LogP contribution in [0.2, 0.25) is 0 Å². The lowest BCUT2D eigenvalue weighted by Crippen LogP contribution is -2.23. The first-order chi connectivity index (χ1) is 11.0. The molecule has 0 saturated heterocycles. The average molecular weight is 308 g/mol. The first kappa shape index (κ1) is 16.6. The minimum absolute atomic E-state index is 0.293. The van der Waals surface area contributed by atoms with Crippen LogP contribution in [0, 0.1) is 31.1 Å². The summed E-state index contributed by atoms with van der Waals surface area (Å²) < 4.78 is 5.17. The maximum absolute atomic E-state index is 12.3. The van der Waals surface area contributed by atoms with E-state index in [0.717, 1.165) is 16.7 Å². The molecule has 0 heterocycles. The van der Waals surface area contributed by atoms with E-state index in [2.05, 4.69) is 11.4 Å². The number of nitrogens with zero attached hydrogens (tertiary/aromatic N) is 1. The zero-order valence-electron chi connectivity index (χ0n) is 13.6. The van der Waals surface area contributed by atoms with Gasteiger partial charge in [-0.05, 0) is 61.2 Å². The highest BCUT2D eigenvalue weighted by atomic mass is 16.5. The molecule has 0 unspecified atom stereocenters. The van der Waals surface area contributed by atoms with Gasteiger partial charge in [0.2, 0.25) is 5.91 Å². The van der Waals surface area contributed by atoms with Crippen molar-refractivity contribution in [2.75, 3.05) is 12.4 Å². The van der Waals surface area contributed by atoms with Gasteiger partial charge < -0.3 is 10.1 Å². The van der Waals surface area contributed by atoms with Crippen LogP contribution < -0.4 is 10.1 Å². The minimum Gasteiger partial charge on any atom is -0.497 e. The van der Waals surface area contributed by atoms with E-state index in [-0.39, 0.29) is 5.91 Å². The van der Waals surface area contributed by atoms with Gasteiger partial charge in [-0.15, -0.1) is 0 Å². The van der Waals surface area contributed by atoms with E-state index >= 15 is 0 Å². The number of amides is 1. The van der Waals surface area contributed by atoms with Crippen molar-refractivity contribution in [1.82, 2.24) is 0 Å². The summed E-state index contributed by atoms with van der Waals surface area (Å²) in [5, 5.41) is 12.1. The molecule has 0 aromatic heterocycles. The summed E-state index contributed by atoms with van der Waals surface area (Å²) in [6, 6.07) is 15.2. The number of hydrogen-bond acceptors (Lipinski definition) is 3. The topological polar surface area (TPSA) is 62.1 Å². The van der Waals surface area contributed by atoms with Crippen molar-refractivity contribution in [3.05, 3.63) is 59.2 Å². The van der Waals surface area contributed by atoms with Crippen molar-refractivity contribution in [2.24, 2.45) is 5.92 Å². The van der Waals surface area contributed by atoms with E-state index in [9.17, 15) is 10.1 Å². The van der Waals surface area contributed by atoms with Crippen LogP contribution in [0.15, 0.2) is 42.5 Å². The van der Waals surface area contributed by atoms with Crippen LogP contribution >= 0.6 is 0 Å². The number of hydrogen-bond donors (Lipinski definition) is 1. The molecule has 1 amide bonds. The number of benzene rings is 2. The number of methoxy groups -OCH3 is 1. The first-order valence-corrected chi connectivity index (χ1v) is 7.44. The molecule has 0 aliphatic heterocycles. The molecule has 0 aliphatic carbocycles. The molecule has 0 fully saturated rings. The summed E-state index contributed by atoms with van der Waals surface area (Å²) in [7, 11) is 1.59. The molecule has 4 nitrogen and oxygen atoms in total. The second-order valence-electron chi connectivity index (χ2n) is 5.53. The second kappa shape index (κ2) is 7.46. The lowest BCUT2D eigenvalue weighted by Gasteiger charge is -2.12. The highest BCUT2D eigenvalue weighted by Crippen LogP contribution is 2.18. The smallest absolute Gasteiger partial charge is 0.242 e. The zero-order chi connectivity index (χ0) is 16.8. The molecule has 0 bridgehead atoms. The van der Waals surface area contributed by atoms with Crippen LogP contribution in [0.5, 0.6) is 5.75 Å². The van der Waals surface area contributed by atoms with Gasteiger partial charge in [-0.1, -0.05) is 18.2 Å². The molecule has 0 spiro atoms. The minimum atomic E-state index is -0.747. The fraction of sp³-hybridized carbons (Fsp3) is 0.263. The fourth-order valence-electron chi connectivity index (χ4n) is 2.28. The normalized spacial score (nSPS) is 11.4. The van der Waals surface area contributed by atoms with Gasteiger partial charge >= 0.3 is 0 Å². The van der Waals surface area contributed by atoms with Gasteiger partial charge in [-0.2, -0.15) is 5.26 Å². The SMILES string of the molecule is COc1cccc(C[C@H](C#N)C(=O)Nc2ccc(C)c(C)c2)c1. The largest absolute Gasteiger partial charge is 0.497 e. The Morgan fingerprint density at radius 1 is 1.22 bits per heavy atom. The summed E-state index contributed by atoms with van der Waals surface area (Å²) >= 11 is 0. The van der Waals surface area contributed by atoms with Crippen molar-refractivity contribution in [3.63, 3.8) is 0 Å². The van der Waals surface area contributed by atoms with E-state index in [1.54, 1.807) is 7.11 Å². The molecular formula is C19H20N2O2. The number of rotatable bonds is 5. The number of nitriles is 1. The van der Waals surface area contributed by atoms with Gasteiger partial charge in [0.05, 0.1) is 13.2 Å². The van der Waals surface area contributed by atoms with Crippen molar-refractivity contribution in [3.8, 4) is 11.8 Å². The Bertz CT molecular complexity index is 747. The summed E-state index contributed by atoms with van der Waals surface area (Å²) in [5.41, 5.74) is 3.87. The van der Waals surface area contributed by atoms with Gasteiger partial charge in [-0.25, -0.2) is 0 Å². The van der Waals surface area contributed by atoms with E-state index < -0.39 is 5.92 Å². The van der Waals surface area contributed by atoms with Crippen molar-refractivity contribution < 1.29 is 9.53 Å². The number of ether oxygens (including phenoxy) is 1. The fourth-order valence-corrected chi connectivity index (χ4v) is 2.28. The highest BCUT2D eigenvalue weighted by Gasteiger charge is 2.19. The first-order valence-electron chi connectivity index (χ1n) is 7.44. The Hall–Kier alpha value is -2.80. The Labute approximate surface area is 136 Å². The Balaban J connectivity index is 2.09. The second-order valence-corrected chi connectivity index (χ2v) is 5.53. The third-order valence-electron chi connectivity index (χ3n) is 3.82. The molecular weight excluding hydrogens is 288 g/mol. The van der Waals surface area contributed by atoms with Crippen LogP contribution in [0.25, 0.3) is 0 Å². The monoisotopic (exact) mass is 308 g/mol. The Morgan fingerprint density at radius 2 is 2.00 bits per heavy atom. The number of anilines is 1. The van der Waals surface area contributed by atoms with Crippen LogP contribution in [0.4, 0.5) is 5.69 Å². The molecule has 2 rings (SSSR count). The van der Waals surface area contributed by atoms with Crippen molar-refractivity contribution in [2.45, 2.75) is 20.3 Å². The summed E-state index contributed by atoms with van der Waals surface area (Å²) in [6.07, 6.45) is 0.352. The molecule has 1 atom stereocenters. The molecule has 2 aromatic rings. The van der Waals surface area contributed by atoms with Crippen LogP contribution in [-0.4, -0.2) is 13.0 Å². The number of carbonyl (C=O) groups excluding carboxylic acids is 1. The van der Waals surface area contributed by atoms with Crippen LogP contribution in [0.1, 0.15) is 16.7 Å². The third-order valence-corrected chi connectivity index (χ3v) is 3.82. The standard InChI is InChI=1S/C19H20N2O2/c1-13-7-8-17(9-14(13)2)21-19(22)16(12-20)10-15-5-4-6-18(11-15)23-3/h4-9,11,16H,10H2,1-3H3,(H,21,22)/t16-/m1/s1. The maximum Gasteiger partial charge on any atom is 0.242 e. The number of nitrogens with one attached hydrogen (secondary N) is 1. The molecule has 23 heavy (non-hydrogen) atoms. The lowest BCUT2D eigenvalue weighted by atomic mass is 9.99. The van der Waals surface area contributed by atoms with Crippen LogP contribution in [0.3, 0.4) is 0 Å².